The van der Waals surface area contributed by atoms with Gasteiger partial charge in [0.25, 0.3) is 5.91 Å². The van der Waals surface area contributed by atoms with Gasteiger partial charge in [0.05, 0.1) is 23.5 Å². The summed E-state index contributed by atoms with van der Waals surface area (Å²) < 4.78 is 27.0. The fourth-order valence-electron chi connectivity index (χ4n) is 4.26. The third-order valence-corrected chi connectivity index (χ3v) is 5.79. The van der Waals surface area contributed by atoms with Crippen LogP contribution in [0.4, 0.5) is 4.39 Å². The topological polar surface area (TPSA) is 56.6 Å². The molecule has 1 unspecified atom stereocenters. The fourth-order valence-corrected chi connectivity index (χ4v) is 4.26. The molecule has 0 saturated carbocycles. The molecule has 6 nitrogen and oxygen atoms in total. The molecule has 0 spiro atoms. The molecule has 30 heavy (non-hydrogen) atoms. The number of carbonyl (C=O) groups is 1. The van der Waals surface area contributed by atoms with Crippen LogP contribution in [0.3, 0.4) is 0 Å². The van der Waals surface area contributed by atoms with Crippen molar-refractivity contribution in [2.75, 3.05) is 19.8 Å². The summed E-state index contributed by atoms with van der Waals surface area (Å²) in [6.07, 6.45) is 3.33. The molecule has 5 rings (SSSR count). The van der Waals surface area contributed by atoms with Crippen LogP contribution in [0.15, 0.2) is 48.7 Å². The molecule has 0 aliphatic carbocycles. The predicted molar refractivity (Wildman–Crippen MR) is 109 cm³/mol. The lowest BCUT2D eigenvalue weighted by atomic mass is 10.0. The molecule has 2 aliphatic rings. The van der Waals surface area contributed by atoms with Gasteiger partial charge in [0, 0.05) is 6.54 Å². The number of fused-ring (bicyclic) bond motifs is 1. The summed E-state index contributed by atoms with van der Waals surface area (Å²) in [5.41, 5.74) is 2.48. The maximum Gasteiger partial charge on any atom is 0.257 e. The number of rotatable bonds is 3. The summed E-state index contributed by atoms with van der Waals surface area (Å²) in [5.74, 6) is 0.995. The third kappa shape index (κ3) is 3.10. The number of likely N-dealkylation sites (tertiary alicyclic amines) is 1. The minimum atomic E-state index is -0.377. The Kier molecular flexibility index (Phi) is 4.65. The van der Waals surface area contributed by atoms with Crippen molar-refractivity contribution < 1.29 is 18.7 Å². The van der Waals surface area contributed by atoms with Crippen molar-refractivity contribution in [1.29, 1.82) is 0 Å². The van der Waals surface area contributed by atoms with Crippen LogP contribution in [-0.2, 0) is 0 Å². The Labute approximate surface area is 173 Å². The standard InChI is InChI=1S/C23H22FN3O3/c1-15-17(14-25-27(15)20-6-3-2-5-18(20)24)23(28)26-10-4-7-19(26)16-8-9-21-22(13-16)30-12-11-29-21/h2-3,5-6,8-9,13-14,19H,4,7,10-12H2,1H3. The second-order valence-electron chi connectivity index (χ2n) is 7.57. The average molecular weight is 407 g/mol. The van der Waals surface area contributed by atoms with Crippen LogP contribution in [0.5, 0.6) is 11.5 Å². The first-order valence-corrected chi connectivity index (χ1v) is 10.1. The van der Waals surface area contributed by atoms with E-state index in [4.69, 9.17) is 9.47 Å². The highest BCUT2D eigenvalue weighted by Crippen LogP contribution is 2.38. The lowest BCUT2D eigenvalue weighted by molar-refractivity contribution is 0.0734. The number of carbonyl (C=O) groups excluding carboxylic acids is 1. The van der Waals surface area contributed by atoms with E-state index < -0.39 is 0 Å². The Morgan fingerprint density at radius 3 is 2.77 bits per heavy atom. The fraction of sp³-hybridized carbons (Fsp3) is 0.304. The Bertz CT molecular complexity index is 1110. The summed E-state index contributed by atoms with van der Waals surface area (Å²) >= 11 is 0. The first-order chi connectivity index (χ1) is 14.6. The number of hydrogen-bond acceptors (Lipinski definition) is 4. The number of nitrogens with zero attached hydrogens (tertiary/aromatic N) is 3. The van der Waals surface area contributed by atoms with Crippen LogP contribution in [0.2, 0.25) is 0 Å². The molecule has 2 aromatic carbocycles. The number of hydrogen-bond donors (Lipinski definition) is 0. The highest BCUT2D eigenvalue weighted by molar-refractivity contribution is 5.95. The Balaban J connectivity index is 1.44. The first kappa shape index (κ1) is 18.7. The number of benzene rings is 2. The lowest BCUT2D eigenvalue weighted by Gasteiger charge is -2.26. The number of amides is 1. The molecule has 1 amide bonds. The van der Waals surface area contributed by atoms with E-state index in [2.05, 4.69) is 5.10 Å². The molecule has 0 bridgehead atoms. The van der Waals surface area contributed by atoms with Crippen molar-refractivity contribution in [2.45, 2.75) is 25.8 Å². The first-order valence-electron chi connectivity index (χ1n) is 10.1. The number of para-hydroxylation sites is 1. The molecule has 154 valence electrons. The third-order valence-electron chi connectivity index (χ3n) is 5.79. The van der Waals surface area contributed by atoms with Crippen molar-refractivity contribution in [3.05, 3.63) is 71.3 Å². The molecule has 1 fully saturated rings. The van der Waals surface area contributed by atoms with Crippen molar-refractivity contribution in [2.24, 2.45) is 0 Å². The molecule has 2 aliphatic heterocycles. The largest absolute Gasteiger partial charge is 0.486 e. The van der Waals surface area contributed by atoms with Gasteiger partial charge < -0.3 is 14.4 Å². The zero-order valence-corrected chi connectivity index (χ0v) is 16.7. The van der Waals surface area contributed by atoms with E-state index in [-0.39, 0.29) is 17.8 Å². The monoisotopic (exact) mass is 407 g/mol. The van der Waals surface area contributed by atoms with E-state index in [1.807, 2.05) is 23.1 Å². The molecule has 1 saturated heterocycles. The van der Waals surface area contributed by atoms with Crippen LogP contribution < -0.4 is 9.47 Å². The van der Waals surface area contributed by atoms with Crippen molar-refractivity contribution >= 4 is 5.91 Å². The van der Waals surface area contributed by atoms with Crippen LogP contribution in [-0.4, -0.2) is 40.3 Å². The van der Waals surface area contributed by atoms with Gasteiger partial charge in [0.1, 0.15) is 24.7 Å². The number of halogens is 1. The molecule has 7 heteroatoms. The molecule has 1 atom stereocenters. The zero-order valence-electron chi connectivity index (χ0n) is 16.7. The maximum absolute atomic E-state index is 14.2. The Morgan fingerprint density at radius 1 is 1.13 bits per heavy atom. The smallest absolute Gasteiger partial charge is 0.257 e. The maximum atomic E-state index is 14.2. The molecule has 0 N–H and O–H groups in total. The second kappa shape index (κ2) is 7.48. The van der Waals surface area contributed by atoms with Gasteiger partial charge in [-0.3, -0.25) is 4.79 Å². The Morgan fingerprint density at radius 2 is 1.93 bits per heavy atom. The van der Waals surface area contributed by atoms with Gasteiger partial charge >= 0.3 is 0 Å². The molecular weight excluding hydrogens is 385 g/mol. The van der Waals surface area contributed by atoms with Crippen LogP contribution >= 0.6 is 0 Å². The summed E-state index contributed by atoms with van der Waals surface area (Å²) in [4.78, 5) is 15.3. The van der Waals surface area contributed by atoms with Gasteiger partial charge in [-0.25, -0.2) is 9.07 Å². The van der Waals surface area contributed by atoms with E-state index in [0.29, 0.717) is 36.7 Å². The van der Waals surface area contributed by atoms with E-state index in [1.165, 1.54) is 16.9 Å². The Hall–Kier alpha value is -3.35. The normalized spacial score (nSPS) is 17.9. The minimum absolute atomic E-state index is 0.0375. The van der Waals surface area contributed by atoms with Crippen LogP contribution in [0, 0.1) is 12.7 Å². The average Bonchev–Trinajstić information content (AvgIpc) is 3.40. The SMILES string of the molecule is Cc1c(C(=O)N2CCCC2c2ccc3c(c2)OCCO3)cnn1-c1ccccc1F. The van der Waals surface area contributed by atoms with E-state index in [1.54, 1.807) is 25.1 Å². The summed E-state index contributed by atoms with van der Waals surface area (Å²) in [6.45, 7) is 3.54. The number of ether oxygens (including phenoxy) is 2. The highest BCUT2D eigenvalue weighted by Gasteiger charge is 2.33. The quantitative estimate of drug-likeness (QED) is 0.657. The van der Waals surface area contributed by atoms with Crippen molar-refractivity contribution in [1.82, 2.24) is 14.7 Å². The van der Waals surface area contributed by atoms with E-state index in [9.17, 15) is 9.18 Å². The van der Waals surface area contributed by atoms with Gasteiger partial charge in [-0.2, -0.15) is 5.10 Å². The molecule has 1 aromatic heterocycles. The van der Waals surface area contributed by atoms with Crippen molar-refractivity contribution in [3.63, 3.8) is 0 Å². The highest BCUT2D eigenvalue weighted by atomic mass is 19.1. The van der Waals surface area contributed by atoms with Crippen LogP contribution in [0.25, 0.3) is 5.69 Å². The molecular formula is C23H22FN3O3. The molecule has 0 radical (unpaired) electrons. The van der Waals surface area contributed by atoms with Gasteiger partial charge in [0.15, 0.2) is 11.5 Å². The van der Waals surface area contributed by atoms with Gasteiger partial charge in [0.2, 0.25) is 0 Å². The van der Waals surface area contributed by atoms with Crippen LogP contribution in [0.1, 0.15) is 40.5 Å². The summed E-state index contributed by atoms with van der Waals surface area (Å²) in [7, 11) is 0. The van der Waals surface area contributed by atoms with E-state index in [0.717, 1.165) is 29.9 Å². The van der Waals surface area contributed by atoms with Gasteiger partial charge in [-0.15, -0.1) is 0 Å². The zero-order chi connectivity index (χ0) is 20.7. The lowest BCUT2D eigenvalue weighted by Crippen LogP contribution is -2.31. The second-order valence-corrected chi connectivity index (χ2v) is 7.57. The van der Waals surface area contributed by atoms with E-state index >= 15 is 0 Å². The summed E-state index contributed by atoms with van der Waals surface area (Å²) in [6, 6.07) is 12.3. The predicted octanol–water partition coefficient (Wildman–Crippen LogP) is 4.07. The summed E-state index contributed by atoms with van der Waals surface area (Å²) in [5, 5.41) is 4.29. The molecule has 3 aromatic rings. The van der Waals surface area contributed by atoms with Gasteiger partial charge in [-0.05, 0) is 49.6 Å². The minimum Gasteiger partial charge on any atom is -0.486 e. The van der Waals surface area contributed by atoms with Gasteiger partial charge in [-0.1, -0.05) is 18.2 Å². The number of aromatic nitrogens is 2. The van der Waals surface area contributed by atoms with Crippen molar-refractivity contribution in [3.8, 4) is 17.2 Å². The molecule has 3 heterocycles.